The zero-order chi connectivity index (χ0) is 20.2. The van der Waals surface area contributed by atoms with Gasteiger partial charge in [-0.05, 0) is 54.2 Å². The van der Waals surface area contributed by atoms with Crippen LogP contribution in [0.4, 0.5) is 11.6 Å². The number of carbonyl (C=O) groups is 1. The fourth-order valence-electron chi connectivity index (χ4n) is 3.06. The van der Waals surface area contributed by atoms with Gasteiger partial charge in [0.15, 0.2) is 5.11 Å². The highest BCUT2D eigenvalue weighted by Gasteiger charge is 2.12. The fourth-order valence-corrected chi connectivity index (χ4v) is 3.27. The van der Waals surface area contributed by atoms with E-state index in [1.165, 1.54) is 12.1 Å². The van der Waals surface area contributed by atoms with Crippen LogP contribution in [0, 0.1) is 0 Å². The van der Waals surface area contributed by atoms with Gasteiger partial charge in [0, 0.05) is 5.69 Å². The minimum Gasteiger partial charge on any atom is -0.478 e. The summed E-state index contributed by atoms with van der Waals surface area (Å²) in [4.78, 5) is 15.7. The molecular formula is C22H18N4O2S. The number of nitrogens with zero attached hydrogens (tertiary/aromatic N) is 2. The van der Waals surface area contributed by atoms with E-state index in [0.29, 0.717) is 23.3 Å². The van der Waals surface area contributed by atoms with Crippen LogP contribution in [0.15, 0.2) is 78.9 Å². The van der Waals surface area contributed by atoms with E-state index in [2.05, 4.69) is 32.3 Å². The summed E-state index contributed by atoms with van der Waals surface area (Å²) in [5, 5.41) is 15.6. The van der Waals surface area contributed by atoms with E-state index in [1.54, 1.807) is 12.1 Å². The Morgan fingerprint density at radius 1 is 0.931 bits per heavy atom. The Kier molecular flexibility index (Phi) is 5.22. The summed E-state index contributed by atoms with van der Waals surface area (Å²) in [6, 6.07) is 24.5. The van der Waals surface area contributed by atoms with Gasteiger partial charge in [0.1, 0.15) is 0 Å². The summed E-state index contributed by atoms with van der Waals surface area (Å²) < 4.78 is 2.08. The van der Waals surface area contributed by atoms with Crippen LogP contribution >= 0.6 is 12.2 Å². The number of carboxylic acid groups (broad SMARTS) is 1. The zero-order valence-electron chi connectivity index (χ0n) is 15.4. The Morgan fingerprint density at radius 3 is 2.34 bits per heavy atom. The molecule has 0 amide bonds. The van der Waals surface area contributed by atoms with E-state index < -0.39 is 5.97 Å². The Morgan fingerprint density at radius 2 is 1.62 bits per heavy atom. The van der Waals surface area contributed by atoms with Crippen LogP contribution in [0.2, 0.25) is 0 Å². The highest BCUT2D eigenvalue weighted by atomic mass is 32.1. The van der Waals surface area contributed by atoms with Crippen molar-refractivity contribution < 1.29 is 9.90 Å². The van der Waals surface area contributed by atoms with Crippen LogP contribution in [-0.2, 0) is 6.54 Å². The van der Waals surface area contributed by atoms with Crippen LogP contribution in [0.5, 0.6) is 0 Å². The van der Waals surface area contributed by atoms with Gasteiger partial charge in [-0.15, -0.1) is 0 Å². The van der Waals surface area contributed by atoms with Gasteiger partial charge >= 0.3 is 5.97 Å². The van der Waals surface area contributed by atoms with Crippen LogP contribution in [0.25, 0.3) is 11.0 Å². The molecule has 0 unspecified atom stereocenters. The third-order valence-corrected chi connectivity index (χ3v) is 4.66. The van der Waals surface area contributed by atoms with Crippen molar-refractivity contribution in [1.82, 2.24) is 9.55 Å². The Bertz CT molecular complexity index is 1170. The number of benzene rings is 3. The second-order valence-corrected chi connectivity index (χ2v) is 6.87. The molecule has 0 atom stereocenters. The normalized spacial score (nSPS) is 10.6. The molecule has 0 fully saturated rings. The fraction of sp³-hybridized carbons (Fsp3) is 0.0455. The van der Waals surface area contributed by atoms with Crippen LogP contribution < -0.4 is 10.6 Å². The average Bonchev–Trinajstić information content (AvgIpc) is 3.06. The number of carboxylic acids is 1. The topological polar surface area (TPSA) is 79.2 Å². The molecule has 7 heteroatoms. The number of thiocarbonyl (C=S) groups is 1. The largest absolute Gasteiger partial charge is 0.478 e. The minimum atomic E-state index is -0.966. The third-order valence-electron chi connectivity index (χ3n) is 4.45. The van der Waals surface area contributed by atoms with Crippen molar-refractivity contribution in [2.24, 2.45) is 0 Å². The second-order valence-electron chi connectivity index (χ2n) is 6.46. The van der Waals surface area contributed by atoms with Gasteiger partial charge < -0.3 is 20.3 Å². The van der Waals surface area contributed by atoms with Crippen molar-refractivity contribution in [2.75, 3.05) is 10.6 Å². The first-order valence-corrected chi connectivity index (χ1v) is 9.41. The number of hydrogen-bond acceptors (Lipinski definition) is 3. The summed E-state index contributed by atoms with van der Waals surface area (Å²) in [5.41, 5.74) is 3.95. The number of rotatable bonds is 5. The number of aromatic carboxylic acids is 1. The third kappa shape index (κ3) is 4.25. The van der Waals surface area contributed by atoms with E-state index in [-0.39, 0.29) is 5.56 Å². The molecule has 29 heavy (non-hydrogen) atoms. The molecule has 4 rings (SSSR count). The molecule has 0 saturated heterocycles. The zero-order valence-corrected chi connectivity index (χ0v) is 16.2. The molecule has 6 nitrogen and oxygen atoms in total. The summed E-state index contributed by atoms with van der Waals surface area (Å²) >= 11 is 5.44. The molecule has 4 aromatic rings. The second kappa shape index (κ2) is 8.12. The maximum atomic E-state index is 11.0. The summed E-state index contributed by atoms with van der Waals surface area (Å²) in [7, 11) is 0. The average molecular weight is 402 g/mol. The molecule has 0 saturated carbocycles. The standard InChI is InChI=1S/C22H18N4O2S/c27-20(28)16-10-12-17(13-11-16)23-22(29)25-21-24-18-8-4-5-9-19(18)26(21)14-15-6-2-1-3-7-15/h1-13H,14H2,(H,27,28)(H2,23,24,25,29). The van der Waals surface area contributed by atoms with Gasteiger partial charge in [0.05, 0.1) is 23.1 Å². The number of anilines is 2. The van der Waals surface area contributed by atoms with Gasteiger partial charge in [-0.2, -0.15) is 0 Å². The first-order valence-electron chi connectivity index (χ1n) is 9.01. The molecule has 144 valence electrons. The number of fused-ring (bicyclic) bond motifs is 1. The molecule has 0 radical (unpaired) electrons. The first kappa shape index (κ1) is 18.6. The van der Waals surface area contributed by atoms with E-state index in [1.807, 2.05) is 42.5 Å². The van der Waals surface area contributed by atoms with Crippen molar-refractivity contribution in [3.05, 3.63) is 90.0 Å². The predicted molar refractivity (Wildman–Crippen MR) is 119 cm³/mol. The number of para-hydroxylation sites is 2. The Labute approximate surface area is 172 Å². The van der Waals surface area contributed by atoms with Crippen molar-refractivity contribution in [1.29, 1.82) is 0 Å². The molecule has 0 aliphatic heterocycles. The molecule has 0 aliphatic carbocycles. The van der Waals surface area contributed by atoms with Gasteiger partial charge in [0.25, 0.3) is 0 Å². The van der Waals surface area contributed by atoms with Gasteiger partial charge in [-0.3, -0.25) is 0 Å². The molecule has 3 aromatic carbocycles. The van der Waals surface area contributed by atoms with Crippen molar-refractivity contribution in [3.8, 4) is 0 Å². The van der Waals surface area contributed by atoms with Crippen molar-refractivity contribution in [3.63, 3.8) is 0 Å². The molecule has 0 bridgehead atoms. The maximum absolute atomic E-state index is 11.0. The monoisotopic (exact) mass is 402 g/mol. The van der Waals surface area contributed by atoms with E-state index in [4.69, 9.17) is 17.3 Å². The number of nitrogens with one attached hydrogen (secondary N) is 2. The van der Waals surface area contributed by atoms with Crippen LogP contribution in [-0.4, -0.2) is 25.7 Å². The smallest absolute Gasteiger partial charge is 0.335 e. The molecule has 0 spiro atoms. The summed E-state index contributed by atoms with van der Waals surface area (Å²) in [6.45, 7) is 0.652. The Balaban J connectivity index is 1.57. The lowest BCUT2D eigenvalue weighted by atomic mass is 10.2. The predicted octanol–water partition coefficient (Wildman–Crippen LogP) is 4.59. The van der Waals surface area contributed by atoms with Crippen molar-refractivity contribution >= 4 is 46.0 Å². The first-order chi connectivity index (χ1) is 14.1. The van der Waals surface area contributed by atoms with E-state index >= 15 is 0 Å². The Hall–Kier alpha value is -3.71. The maximum Gasteiger partial charge on any atom is 0.335 e. The lowest BCUT2D eigenvalue weighted by Crippen LogP contribution is -2.21. The van der Waals surface area contributed by atoms with E-state index in [0.717, 1.165) is 16.6 Å². The summed E-state index contributed by atoms with van der Waals surface area (Å²) in [6.07, 6.45) is 0. The SMILES string of the molecule is O=C(O)c1ccc(NC(=S)Nc2nc3ccccc3n2Cc2ccccc2)cc1. The molecular weight excluding hydrogens is 384 g/mol. The van der Waals surface area contributed by atoms with Crippen LogP contribution in [0.1, 0.15) is 15.9 Å². The van der Waals surface area contributed by atoms with Gasteiger partial charge in [-0.1, -0.05) is 42.5 Å². The minimum absolute atomic E-state index is 0.221. The molecule has 1 heterocycles. The highest BCUT2D eigenvalue weighted by molar-refractivity contribution is 7.80. The van der Waals surface area contributed by atoms with E-state index in [9.17, 15) is 4.79 Å². The van der Waals surface area contributed by atoms with Crippen molar-refractivity contribution in [2.45, 2.75) is 6.54 Å². The molecule has 3 N–H and O–H groups in total. The summed E-state index contributed by atoms with van der Waals surface area (Å²) in [5.74, 6) is -0.332. The van der Waals surface area contributed by atoms with Gasteiger partial charge in [0.2, 0.25) is 5.95 Å². The molecule has 0 aliphatic rings. The number of aromatic nitrogens is 2. The lowest BCUT2D eigenvalue weighted by Gasteiger charge is -2.13. The van der Waals surface area contributed by atoms with Crippen LogP contribution in [0.3, 0.4) is 0 Å². The number of imidazole rings is 1. The number of hydrogen-bond donors (Lipinski definition) is 3. The quantitative estimate of drug-likeness (QED) is 0.424. The lowest BCUT2D eigenvalue weighted by molar-refractivity contribution is 0.0697. The highest BCUT2D eigenvalue weighted by Crippen LogP contribution is 2.21. The molecule has 1 aromatic heterocycles. The van der Waals surface area contributed by atoms with Gasteiger partial charge in [-0.25, -0.2) is 9.78 Å².